The summed E-state index contributed by atoms with van der Waals surface area (Å²) in [6.07, 6.45) is 0. The van der Waals surface area contributed by atoms with Crippen LogP contribution in [0.3, 0.4) is 0 Å². The Morgan fingerprint density at radius 2 is 2.00 bits per heavy atom. The van der Waals surface area contributed by atoms with Crippen LogP contribution in [0.1, 0.15) is 18.4 Å². The van der Waals surface area contributed by atoms with E-state index < -0.39 is 0 Å². The highest BCUT2D eigenvalue weighted by Gasteiger charge is 2.31. The molecule has 1 fully saturated rings. The zero-order valence-electron chi connectivity index (χ0n) is 7.66. The molecule has 0 spiro atoms. The average molecular weight is 175 g/mol. The molecule has 2 heteroatoms. The van der Waals surface area contributed by atoms with Crippen molar-refractivity contribution in [2.24, 2.45) is 5.92 Å². The Kier molecular flexibility index (Phi) is 2.05. The number of carbonyl (C=O) groups is 1. The molecule has 0 saturated carbocycles. The summed E-state index contributed by atoms with van der Waals surface area (Å²) in [6, 6.07) is 10.2. The lowest BCUT2D eigenvalue weighted by Gasteiger charge is -2.11. The standard InChI is InChI=1S/C11H13NO/c1-8-10(7-12-11(8)13)9-5-3-2-4-6-9/h2-6,8,10H,7H2,1H3,(H,12,13)/t8-,10-/m0/s1. The maximum atomic E-state index is 11.2. The first kappa shape index (κ1) is 8.30. The topological polar surface area (TPSA) is 29.1 Å². The Bertz CT molecular complexity index is 307. The van der Waals surface area contributed by atoms with Gasteiger partial charge in [0.2, 0.25) is 5.91 Å². The summed E-state index contributed by atoms with van der Waals surface area (Å²) < 4.78 is 0. The highest BCUT2D eigenvalue weighted by Crippen LogP contribution is 2.27. The highest BCUT2D eigenvalue weighted by molar-refractivity contribution is 5.81. The Morgan fingerprint density at radius 3 is 2.54 bits per heavy atom. The van der Waals surface area contributed by atoms with E-state index in [9.17, 15) is 4.79 Å². The van der Waals surface area contributed by atoms with E-state index in [2.05, 4.69) is 17.4 Å². The van der Waals surface area contributed by atoms with Crippen LogP contribution in [0.4, 0.5) is 0 Å². The van der Waals surface area contributed by atoms with Crippen LogP contribution in [0, 0.1) is 5.92 Å². The summed E-state index contributed by atoms with van der Waals surface area (Å²) >= 11 is 0. The van der Waals surface area contributed by atoms with Gasteiger partial charge >= 0.3 is 0 Å². The largest absolute Gasteiger partial charge is 0.355 e. The first-order valence-corrected chi connectivity index (χ1v) is 4.61. The first-order chi connectivity index (χ1) is 6.29. The van der Waals surface area contributed by atoms with Crippen LogP contribution in [0.25, 0.3) is 0 Å². The summed E-state index contributed by atoms with van der Waals surface area (Å²) in [6.45, 7) is 2.77. The molecular formula is C11H13NO. The number of rotatable bonds is 1. The smallest absolute Gasteiger partial charge is 0.223 e. The lowest BCUT2D eigenvalue weighted by molar-refractivity contribution is -0.122. The van der Waals surface area contributed by atoms with Crippen molar-refractivity contribution >= 4 is 5.91 Å². The van der Waals surface area contributed by atoms with Crippen LogP contribution in [0.5, 0.6) is 0 Å². The van der Waals surface area contributed by atoms with Crippen molar-refractivity contribution in [3.63, 3.8) is 0 Å². The molecule has 13 heavy (non-hydrogen) atoms. The molecule has 1 aromatic carbocycles. The minimum atomic E-state index is 0.113. The summed E-state index contributed by atoms with van der Waals surface area (Å²) in [5.41, 5.74) is 1.26. The van der Waals surface area contributed by atoms with Gasteiger partial charge in [-0.1, -0.05) is 37.3 Å². The lowest BCUT2D eigenvalue weighted by atomic mass is 9.90. The minimum absolute atomic E-state index is 0.113. The quantitative estimate of drug-likeness (QED) is 0.689. The van der Waals surface area contributed by atoms with E-state index in [0.29, 0.717) is 5.92 Å². The maximum Gasteiger partial charge on any atom is 0.223 e. The fraction of sp³-hybridized carbons (Fsp3) is 0.364. The Labute approximate surface area is 78.0 Å². The molecule has 2 rings (SSSR count). The molecule has 1 heterocycles. The molecule has 1 aromatic rings. The molecule has 1 amide bonds. The van der Waals surface area contributed by atoms with Gasteiger partial charge < -0.3 is 5.32 Å². The second-order valence-corrected chi connectivity index (χ2v) is 3.55. The molecule has 1 aliphatic heterocycles. The second-order valence-electron chi connectivity index (χ2n) is 3.55. The number of carbonyl (C=O) groups excluding carboxylic acids is 1. The van der Waals surface area contributed by atoms with E-state index >= 15 is 0 Å². The zero-order valence-corrected chi connectivity index (χ0v) is 7.66. The molecule has 0 bridgehead atoms. The van der Waals surface area contributed by atoms with E-state index in [4.69, 9.17) is 0 Å². The van der Waals surface area contributed by atoms with Gasteiger partial charge in [0, 0.05) is 18.4 Å². The van der Waals surface area contributed by atoms with E-state index in [1.54, 1.807) is 0 Å². The predicted octanol–water partition coefficient (Wildman–Crippen LogP) is 1.54. The van der Waals surface area contributed by atoms with Gasteiger partial charge in [0.1, 0.15) is 0 Å². The van der Waals surface area contributed by atoms with Crippen LogP contribution in [-0.4, -0.2) is 12.5 Å². The van der Waals surface area contributed by atoms with Crippen molar-refractivity contribution in [2.75, 3.05) is 6.54 Å². The molecule has 2 atom stereocenters. The molecule has 0 radical (unpaired) electrons. The molecule has 1 aliphatic rings. The first-order valence-electron chi connectivity index (χ1n) is 4.61. The molecular weight excluding hydrogens is 162 g/mol. The monoisotopic (exact) mass is 175 g/mol. The number of hydrogen-bond donors (Lipinski definition) is 1. The summed E-state index contributed by atoms with van der Waals surface area (Å²) in [4.78, 5) is 11.2. The van der Waals surface area contributed by atoms with Crippen LogP contribution in [0.2, 0.25) is 0 Å². The molecule has 0 unspecified atom stereocenters. The van der Waals surface area contributed by atoms with Gasteiger partial charge in [-0.2, -0.15) is 0 Å². The van der Waals surface area contributed by atoms with Crippen molar-refractivity contribution in [1.29, 1.82) is 0 Å². The van der Waals surface area contributed by atoms with Gasteiger partial charge in [-0.15, -0.1) is 0 Å². The van der Waals surface area contributed by atoms with Gasteiger partial charge in [-0.05, 0) is 5.56 Å². The van der Waals surface area contributed by atoms with Gasteiger partial charge in [0.25, 0.3) is 0 Å². The van der Waals surface area contributed by atoms with Crippen LogP contribution in [0.15, 0.2) is 30.3 Å². The molecule has 0 aromatic heterocycles. The third-order valence-electron chi connectivity index (χ3n) is 2.74. The van der Waals surface area contributed by atoms with E-state index in [1.165, 1.54) is 5.56 Å². The number of benzene rings is 1. The molecule has 68 valence electrons. The number of amides is 1. The lowest BCUT2D eigenvalue weighted by Crippen LogP contribution is -2.16. The zero-order chi connectivity index (χ0) is 9.26. The highest BCUT2D eigenvalue weighted by atomic mass is 16.2. The predicted molar refractivity (Wildman–Crippen MR) is 51.4 cm³/mol. The fourth-order valence-electron chi connectivity index (χ4n) is 1.84. The van der Waals surface area contributed by atoms with Crippen molar-refractivity contribution in [3.05, 3.63) is 35.9 Å². The molecule has 0 aliphatic carbocycles. The van der Waals surface area contributed by atoms with Crippen LogP contribution < -0.4 is 5.32 Å². The van der Waals surface area contributed by atoms with Gasteiger partial charge in [0.15, 0.2) is 0 Å². The third-order valence-corrected chi connectivity index (χ3v) is 2.74. The van der Waals surface area contributed by atoms with Crippen molar-refractivity contribution in [1.82, 2.24) is 5.32 Å². The van der Waals surface area contributed by atoms with Crippen molar-refractivity contribution < 1.29 is 4.79 Å². The summed E-state index contributed by atoms with van der Waals surface area (Å²) in [7, 11) is 0. The van der Waals surface area contributed by atoms with E-state index in [1.807, 2.05) is 25.1 Å². The second kappa shape index (κ2) is 3.21. The van der Waals surface area contributed by atoms with Crippen molar-refractivity contribution in [2.45, 2.75) is 12.8 Å². The fourth-order valence-corrected chi connectivity index (χ4v) is 1.84. The Hall–Kier alpha value is -1.31. The van der Waals surface area contributed by atoms with Crippen LogP contribution >= 0.6 is 0 Å². The average Bonchev–Trinajstić information content (AvgIpc) is 2.49. The van der Waals surface area contributed by atoms with Gasteiger partial charge in [-0.3, -0.25) is 4.79 Å². The molecule has 2 nitrogen and oxygen atoms in total. The minimum Gasteiger partial charge on any atom is -0.355 e. The normalized spacial score (nSPS) is 27.3. The SMILES string of the molecule is C[C@@H]1C(=O)NC[C@@H]1c1ccccc1. The van der Waals surface area contributed by atoms with E-state index in [-0.39, 0.29) is 11.8 Å². The molecule has 1 N–H and O–H groups in total. The van der Waals surface area contributed by atoms with Gasteiger partial charge in [-0.25, -0.2) is 0 Å². The summed E-state index contributed by atoms with van der Waals surface area (Å²) in [5.74, 6) is 0.643. The molecule has 1 saturated heterocycles. The maximum absolute atomic E-state index is 11.2. The number of hydrogen-bond acceptors (Lipinski definition) is 1. The Morgan fingerprint density at radius 1 is 1.31 bits per heavy atom. The van der Waals surface area contributed by atoms with E-state index in [0.717, 1.165) is 6.54 Å². The van der Waals surface area contributed by atoms with Crippen LogP contribution in [-0.2, 0) is 4.79 Å². The Balaban J connectivity index is 2.24. The summed E-state index contributed by atoms with van der Waals surface area (Å²) in [5, 5.41) is 2.88. The third kappa shape index (κ3) is 1.44. The van der Waals surface area contributed by atoms with Crippen molar-refractivity contribution in [3.8, 4) is 0 Å². The number of nitrogens with one attached hydrogen (secondary N) is 1. The van der Waals surface area contributed by atoms with Gasteiger partial charge in [0.05, 0.1) is 0 Å².